The molecular formula is C8H9F3N2O3. The summed E-state index contributed by atoms with van der Waals surface area (Å²) in [6, 6.07) is 0.770. The lowest BCUT2D eigenvalue weighted by molar-refractivity contribution is -0.143. The molecule has 1 N–H and O–H groups in total. The Bertz CT molecular complexity index is 386. The normalized spacial score (nSPS) is 11.8. The Morgan fingerprint density at radius 2 is 2.25 bits per heavy atom. The average Bonchev–Trinajstić information content (AvgIpc) is 2.47. The Balaban J connectivity index is 3.04. The van der Waals surface area contributed by atoms with Gasteiger partial charge < -0.3 is 9.84 Å². The second kappa shape index (κ2) is 4.52. The van der Waals surface area contributed by atoms with Crippen LogP contribution in [0.5, 0.6) is 0 Å². The molecule has 0 amide bonds. The van der Waals surface area contributed by atoms with Crippen molar-refractivity contribution in [2.75, 3.05) is 7.11 Å². The number of rotatable bonds is 4. The summed E-state index contributed by atoms with van der Waals surface area (Å²) in [5, 5.41) is 11.7. The van der Waals surface area contributed by atoms with Gasteiger partial charge in [0.05, 0.1) is 12.3 Å². The third kappa shape index (κ3) is 2.96. The van der Waals surface area contributed by atoms with E-state index in [9.17, 15) is 18.0 Å². The fourth-order valence-corrected chi connectivity index (χ4v) is 1.12. The number of nitrogens with zero attached hydrogens (tertiary/aromatic N) is 2. The highest BCUT2D eigenvalue weighted by Gasteiger charge is 2.35. The van der Waals surface area contributed by atoms with Crippen LogP contribution < -0.4 is 0 Å². The number of halogens is 3. The van der Waals surface area contributed by atoms with Gasteiger partial charge in [-0.3, -0.25) is 9.48 Å². The van der Waals surface area contributed by atoms with Crippen LogP contribution >= 0.6 is 0 Å². The largest absolute Gasteiger partial charge is 0.480 e. The fraction of sp³-hybridized carbons (Fsp3) is 0.500. The summed E-state index contributed by atoms with van der Waals surface area (Å²) in [6.45, 7) is -0.759. The van der Waals surface area contributed by atoms with Crippen molar-refractivity contribution in [1.29, 1.82) is 0 Å². The van der Waals surface area contributed by atoms with Crippen LogP contribution in [-0.2, 0) is 28.9 Å². The second-order valence-electron chi connectivity index (χ2n) is 3.00. The molecule has 1 rings (SSSR count). The van der Waals surface area contributed by atoms with E-state index >= 15 is 0 Å². The summed E-state index contributed by atoms with van der Waals surface area (Å²) >= 11 is 0. The predicted octanol–water partition coefficient (Wildman–Crippen LogP) is 1.13. The molecule has 0 aliphatic rings. The van der Waals surface area contributed by atoms with E-state index in [0.29, 0.717) is 0 Å². The molecule has 16 heavy (non-hydrogen) atoms. The molecule has 0 bridgehead atoms. The molecule has 0 saturated heterocycles. The lowest BCUT2D eigenvalue weighted by atomic mass is 10.3. The molecule has 5 nitrogen and oxygen atoms in total. The quantitative estimate of drug-likeness (QED) is 0.854. The molecule has 0 fully saturated rings. The summed E-state index contributed by atoms with van der Waals surface area (Å²) in [5.41, 5.74) is -1.06. The van der Waals surface area contributed by atoms with Crippen molar-refractivity contribution in [2.45, 2.75) is 19.3 Å². The zero-order valence-electron chi connectivity index (χ0n) is 8.28. The van der Waals surface area contributed by atoms with Crippen molar-refractivity contribution >= 4 is 5.97 Å². The first-order valence-electron chi connectivity index (χ1n) is 4.19. The average molecular weight is 238 g/mol. The zero-order chi connectivity index (χ0) is 12.3. The van der Waals surface area contributed by atoms with E-state index in [-0.39, 0.29) is 12.3 Å². The SMILES string of the molecule is COCc1cc(C(F)(F)F)nn1CC(=O)O. The molecule has 1 heterocycles. The van der Waals surface area contributed by atoms with Crippen molar-refractivity contribution in [3.05, 3.63) is 17.5 Å². The summed E-state index contributed by atoms with van der Waals surface area (Å²) in [4.78, 5) is 10.4. The lowest BCUT2D eigenvalue weighted by Gasteiger charge is -2.02. The molecule has 1 aromatic heterocycles. The third-order valence-electron chi connectivity index (χ3n) is 1.73. The predicted molar refractivity (Wildman–Crippen MR) is 45.6 cm³/mol. The number of ether oxygens (including phenoxy) is 1. The van der Waals surface area contributed by atoms with Crippen LogP contribution in [0.25, 0.3) is 0 Å². The van der Waals surface area contributed by atoms with Gasteiger partial charge in [-0.25, -0.2) is 0 Å². The molecule has 90 valence electrons. The number of carboxylic acid groups (broad SMARTS) is 1. The molecule has 8 heteroatoms. The van der Waals surface area contributed by atoms with E-state index in [1.54, 1.807) is 0 Å². The van der Waals surface area contributed by atoms with Crippen molar-refractivity contribution in [1.82, 2.24) is 9.78 Å². The molecule has 0 atom stereocenters. The van der Waals surface area contributed by atoms with Crippen molar-refractivity contribution in [2.24, 2.45) is 0 Å². The standard InChI is InChI=1S/C8H9F3N2O3/c1-16-4-5-2-6(8(9,10)11)12-13(5)3-7(14)15/h2H,3-4H2,1H3,(H,14,15). The minimum atomic E-state index is -4.59. The van der Waals surface area contributed by atoms with Crippen molar-refractivity contribution < 1.29 is 27.8 Å². The summed E-state index contributed by atoms with van der Waals surface area (Å²) < 4.78 is 42.3. The number of aliphatic carboxylic acids is 1. The smallest absolute Gasteiger partial charge is 0.435 e. The van der Waals surface area contributed by atoms with Crippen molar-refractivity contribution in [3.63, 3.8) is 0 Å². The van der Waals surface area contributed by atoms with Gasteiger partial charge in [0.25, 0.3) is 0 Å². The van der Waals surface area contributed by atoms with E-state index in [1.807, 2.05) is 0 Å². The highest BCUT2D eigenvalue weighted by molar-refractivity contribution is 5.66. The first kappa shape index (κ1) is 12.5. The van der Waals surface area contributed by atoms with Crippen LogP contribution in [0.1, 0.15) is 11.4 Å². The number of carboxylic acids is 1. The fourth-order valence-electron chi connectivity index (χ4n) is 1.12. The van der Waals surface area contributed by atoms with Crippen LogP contribution in [0, 0.1) is 0 Å². The van der Waals surface area contributed by atoms with Gasteiger partial charge in [0.15, 0.2) is 5.69 Å². The number of methoxy groups -OCH3 is 1. The Hall–Kier alpha value is -1.57. The Morgan fingerprint density at radius 3 is 2.69 bits per heavy atom. The van der Waals surface area contributed by atoms with E-state index in [4.69, 9.17) is 5.11 Å². The van der Waals surface area contributed by atoms with E-state index in [0.717, 1.165) is 10.7 Å². The number of aromatic nitrogens is 2. The number of hydrogen-bond donors (Lipinski definition) is 1. The van der Waals surface area contributed by atoms with Crippen LogP contribution in [0.3, 0.4) is 0 Å². The molecule has 0 spiro atoms. The van der Waals surface area contributed by atoms with Gasteiger partial charge in [-0.05, 0) is 6.07 Å². The summed E-state index contributed by atoms with van der Waals surface area (Å²) in [7, 11) is 1.30. The molecule has 0 aliphatic carbocycles. The lowest BCUT2D eigenvalue weighted by Crippen LogP contribution is -2.14. The van der Waals surface area contributed by atoms with Gasteiger partial charge in [-0.15, -0.1) is 0 Å². The van der Waals surface area contributed by atoms with Gasteiger partial charge in [0, 0.05) is 7.11 Å². The summed E-state index contributed by atoms with van der Waals surface area (Å²) in [6.07, 6.45) is -4.59. The Labute approximate surface area is 88.4 Å². The van der Waals surface area contributed by atoms with Gasteiger partial charge in [-0.1, -0.05) is 0 Å². The van der Waals surface area contributed by atoms with Gasteiger partial charge >= 0.3 is 12.1 Å². The Morgan fingerprint density at radius 1 is 1.62 bits per heavy atom. The van der Waals surface area contributed by atoms with E-state index < -0.39 is 24.4 Å². The molecule has 0 aromatic carbocycles. The minimum Gasteiger partial charge on any atom is -0.480 e. The van der Waals surface area contributed by atoms with Gasteiger partial charge in [0.1, 0.15) is 6.54 Å². The Kier molecular flexibility index (Phi) is 3.53. The zero-order valence-corrected chi connectivity index (χ0v) is 8.28. The number of alkyl halides is 3. The highest BCUT2D eigenvalue weighted by atomic mass is 19.4. The monoisotopic (exact) mass is 238 g/mol. The van der Waals surface area contributed by atoms with Gasteiger partial charge in [0.2, 0.25) is 0 Å². The molecular weight excluding hydrogens is 229 g/mol. The maximum absolute atomic E-state index is 12.3. The third-order valence-corrected chi connectivity index (χ3v) is 1.73. The van der Waals surface area contributed by atoms with Crippen LogP contribution in [0.15, 0.2) is 6.07 Å². The van der Waals surface area contributed by atoms with E-state index in [2.05, 4.69) is 9.84 Å². The maximum atomic E-state index is 12.3. The van der Waals surface area contributed by atoms with Gasteiger partial charge in [-0.2, -0.15) is 18.3 Å². The van der Waals surface area contributed by atoms with Crippen LogP contribution in [-0.4, -0.2) is 28.0 Å². The molecule has 1 aromatic rings. The molecule has 0 radical (unpaired) electrons. The topological polar surface area (TPSA) is 64.4 Å². The van der Waals surface area contributed by atoms with E-state index in [1.165, 1.54) is 7.11 Å². The summed E-state index contributed by atoms with van der Waals surface area (Å²) in [5.74, 6) is -1.27. The molecule has 0 saturated carbocycles. The molecule has 0 unspecified atom stereocenters. The van der Waals surface area contributed by atoms with Crippen LogP contribution in [0.4, 0.5) is 13.2 Å². The first-order valence-corrected chi connectivity index (χ1v) is 4.19. The minimum absolute atomic E-state index is 0.0669. The highest BCUT2D eigenvalue weighted by Crippen LogP contribution is 2.28. The molecule has 0 aliphatic heterocycles. The van der Waals surface area contributed by atoms with Crippen LogP contribution in [0.2, 0.25) is 0 Å². The first-order chi connectivity index (χ1) is 7.34. The van der Waals surface area contributed by atoms with Crippen molar-refractivity contribution in [3.8, 4) is 0 Å². The second-order valence-corrected chi connectivity index (χ2v) is 3.00. The number of hydrogen-bond acceptors (Lipinski definition) is 3. The number of carbonyl (C=O) groups is 1. The maximum Gasteiger partial charge on any atom is 0.435 e.